The topological polar surface area (TPSA) is 45.0 Å². The van der Waals surface area contributed by atoms with Crippen LogP contribution in [-0.4, -0.2) is 25.3 Å². The van der Waals surface area contributed by atoms with Gasteiger partial charge in [-0.15, -0.1) is 0 Å². The van der Waals surface area contributed by atoms with Gasteiger partial charge in [0, 0.05) is 6.54 Å². The third kappa shape index (κ3) is 4.25. The minimum absolute atomic E-state index is 0.0628. The molecule has 3 nitrogen and oxygen atoms in total. The molecule has 1 aliphatic rings. The van der Waals surface area contributed by atoms with E-state index in [0.717, 1.165) is 13.2 Å². The first-order chi connectivity index (χ1) is 6.33. The fourth-order valence-electron chi connectivity index (χ4n) is 1.60. The lowest BCUT2D eigenvalue weighted by molar-refractivity contribution is 0.0600. The molecule has 13 heavy (non-hydrogen) atoms. The molecule has 0 aromatic rings. The van der Waals surface area contributed by atoms with Crippen LogP contribution in [0.25, 0.3) is 0 Å². The van der Waals surface area contributed by atoms with Crippen molar-refractivity contribution in [3.05, 3.63) is 0 Å². The van der Waals surface area contributed by atoms with Gasteiger partial charge in [0.1, 0.15) is 0 Å². The molecule has 0 spiro atoms. The molecule has 1 unspecified atom stereocenters. The van der Waals surface area contributed by atoms with E-state index in [9.17, 15) is 0 Å². The summed E-state index contributed by atoms with van der Waals surface area (Å²) in [4.78, 5) is 0. The van der Waals surface area contributed by atoms with Gasteiger partial charge in [-0.1, -0.05) is 12.8 Å². The zero-order valence-electron chi connectivity index (χ0n) is 8.25. The van der Waals surface area contributed by atoms with Gasteiger partial charge in [-0.25, -0.2) is 0 Å². The van der Waals surface area contributed by atoms with Crippen LogP contribution in [0.1, 0.15) is 32.6 Å². The standard InChI is InChI=1S/C10H18N2O/c1-9(8-11)12-6-7-13-10-4-2-3-5-10/h9-10,12H,2-7H2,1H3. The molecule has 3 heteroatoms. The Balaban J connectivity index is 1.92. The normalized spacial score (nSPS) is 20.0. The van der Waals surface area contributed by atoms with Gasteiger partial charge in [-0.3, -0.25) is 5.32 Å². The number of hydrogen-bond donors (Lipinski definition) is 1. The molecule has 0 aliphatic heterocycles. The summed E-state index contributed by atoms with van der Waals surface area (Å²) in [5, 5.41) is 11.6. The summed E-state index contributed by atoms with van der Waals surface area (Å²) in [6.07, 6.45) is 5.54. The van der Waals surface area contributed by atoms with Crippen molar-refractivity contribution < 1.29 is 4.74 Å². The van der Waals surface area contributed by atoms with Gasteiger partial charge < -0.3 is 4.74 Å². The van der Waals surface area contributed by atoms with E-state index in [1.807, 2.05) is 6.92 Å². The molecule has 0 aromatic carbocycles. The van der Waals surface area contributed by atoms with Crippen molar-refractivity contribution in [3.63, 3.8) is 0 Å². The van der Waals surface area contributed by atoms with Crippen molar-refractivity contribution in [2.24, 2.45) is 0 Å². The number of nitrogens with zero attached hydrogens (tertiary/aromatic N) is 1. The van der Waals surface area contributed by atoms with Gasteiger partial charge in [0.05, 0.1) is 24.8 Å². The second kappa shape index (κ2) is 5.95. The smallest absolute Gasteiger partial charge is 0.0925 e. The number of rotatable bonds is 5. The molecule has 1 saturated carbocycles. The van der Waals surface area contributed by atoms with Crippen LogP contribution in [0.3, 0.4) is 0 Å². The van der Waals surface area contributed by atoms with Crippen molar-refractivity contribution in [2.75, 3.05) is 13.2 Å². The predicted octanol–water partition coefficient (Wildman–Crippen LogP) is 1.45. The van der Waals surface area contributed by atoms with Gasteiger partial charge >= 0.3 is 0 Å². The first kappa shape index (κ1) is 10.5. The molecule has 0 bridgehead atoms. The quantitative estimate of drug-likeness (QED) is 0.654. The van der Waals surface area contributed by atoms with Crippen LogP contribution in [0, 0.1) is 11.3 Å². The highest BCUT2D eigenvalue weighted by atomic mass is 16.5. The van der Waals surface area contributed by atoms with Gasteiger partial charge in [-0.2, -0.15) is 5.26 Å². The Morgan fingerprint density at radius 2 is 2.23 bits per heavy atom. The van der Waals surface area contributed by atoms with Crippen LogP contribution in [0.2, 0.25) is 0 Å². The molecule has 0 amide bonds. The van der Waals surface area contributed by atoms with Crippen molar-refractivity contribution in [1.82, 2.24) is 5.32 Å². The summed E-state index contributed by atoms with van der Waals surface area (Å²) in [5.41, 5.74) is 0. The largest absolute Gasteiger partial charge is 0.377 e. The maximum atomic E-state index is 8.49. The summed E-state index contributed by atoms with van der Waals surface area (Å²) >= 11 is 0. The zero-order valence-corrected chi connectivity index (χ0v) is 8.25. The van der Waals surface area contributed by atoms with Crippen LogP contribution >= 0.6 is 0 Å². The Bertz CT molecular complexity index is 170. The lowest BCUT2D eigenvalue weighted by Crippen LogP contribution is -2.29. The number of hydrogen-bond acceptors (Lipinski definition) is 3. The average Bonchev–Trinajstić information content (AvgIpc) is 2.64. The zero-order chi connectivity index (χ0) is 9.52. The van der Waals surface area contributed by atoms with Gasteiger partial charge in [-0.05, 0) is 19.8 Å². The summed E-state index contributed by atoms with van der Waals surface area (Å²) in [6, 6.07) is 2.06. The van der Waals surface area contributed by atoms with Gasteiger partial charge in [0.25, 0.3) is 0 Å². The second-order valence-corrected chi connectivity index (χ2v) is 3.58. The fraction of sp³-hybridized carbons (Fsp3) is 0.900. The highest BCUT2D eigenvalue weighted by Crippen LogP contribution is 2.20. The summed E-state index contributed by atoms with van der Waals surface area (Å²) < 4.78 is 5.63. The third-order valence-electron chi connectivity index (χ3n) is 2.40. The molecule has 74 valence electrons. The lowest BCUT2D eigenvalue weighted by atomic mass is 10.3. The molecule has 1 aliphatic carbocycles. The molecule has 0 radical (unpaired) electrons. The molecule has 0 heterocycles. The van der Waals surface area contributed by atoms with E-state index in [1.165, 1.54) is 25.7 Å². The molecule has 1 N–H and O–H groups in total. The molecular weight excluding hydrogens is 164 g/mol. The second-order valence-electron chi connectivity index (χ2n) is 3.58. The van der Waals surface area contributed by atoms with E-state index in [2.05, 4.69) is 11.4 Å². The summed E-state index contributed by atoms with van der Waals surface area (Å²) in [6.45, 7) is 3.37. The van der Waals surface area contributed by atoms with E-state index in [0.29, 0.717) is 6.10 Å². The molecule has 1 fully saturated rings. The van der Waals surface area contributed by atoms with Gasteiger partial charge in [0.15, 0.2) is 0 Å². The number of ether oxygens (including phenoxy) is 1. The molecule has 1 atom stereocenters. The predicted molar refractivity (Wildman–Crippen MR) is 51.3 cm³/mol. The lowest BCUT2D eigenvalue weighted by Gasteiger charge is -2.11. The minimum atomic E-state index is -0.0628. The van der Waals surface area contributed by atoms with Crippen molar-refractivity contribution in [3.8, 4) is 6.07 Å². The molecule has 1 rings (SSSR count). The summed E-state index contributed by atoms with van der Waals surface area (Å²) in [7, 11) is 0. The van der Waals surface area contributed by atoms with E-state index >= 15 is 0 Å². The SMILES string of the molecule is CC(C#N)NCCOC1CCCC1. The first-order valence-electron chi connectivity index (χ1n) is 5.07. The third-order valence-corrected chi connectivity index (χ3v) is 2.40. The van der Waals surface area contributed by atoms with E-state index in [4.69, 9.17) is 10.00 Å². The van der Waals surface area contributed by atoms with Crippen molar-refractivity contribution in [1.29, 1.82) is 5.26 Å². The Morgan fingerprint density at radius 1 is 1.54 bits per heavy atom. The fourth-order valence-corrected chi connectivity index (χ4v) is 1.60. The first-order valence-corrected chi connectivity index (χ1v) is 5.07. The Morgan fingerprint density at radius 3 is 2.85 bits per heavy atom. The van der Waals surface area contributed by atoms with Crippen molar-refractivity contribution >= 4 is 0 Å². The maximum Gasteiger partial charge on any atom is 0.0925 e. The Hall–Kier alpha value is -0.590. The molecule has 0 saturated heterocycles. The van der Waals surface area contributed by atoms with Crippen LogP contribution < -0.4 is 5.32 Å². The van der Waals surface area contributed by atoms with Crippen LogP contribution in [0.4, 0.5) is 0 Å². The molecular formula is C10H18N2O. The van der Waals surface area contributed by atoms with Gasteiger partial charge in [0.2, 0.25) is 0 Å². The van der Waals surface area contributed by atoms with Crippen LogP contribution in [0.15, 0.2) is 0 Å². The van der Waals surface area contributed by atoms with E-state index in [1.54, 1.807) is 0 Å². The highest BCUT2D eigenvalue weighted by molar-refractivity contribution is 4.84. The van der Waals surface area contributed by atoms with Crippen molar-refractivity contribution in [2.45, 2.75) is 44.8 Å². The number of nitriles is 1. The molecule has 0 aromatic heterocycles. The Labute approximate surface area is 80.1 Å². The van der Waals surface area contributed by atoms with Crippen LogP contribution in [-0.2, 0) is 4.74 Å². The maximum absolute atomic E-state index is 8.49. The van der Waals surface area contributed by atoms with Crippen LogP contribution in [0.5, 0.6) is 0 Å². The minimum Gasteiger partial charge on any atom is -0.377 e. The average molecular weight is 182 g/mol. The summed E-state index contributed by atoms with van der Waals surface area (Å²) in [5.74, 6) is 0. The highest BCUT2D eigenvalue weighted by Gasteiger charge is 2.14. The monoisotopic (exact) mass is 182 g/mol. The number of nitrogens with one attached hydrogen (secondary N) is 1. The Kier molecular flexibility index (Phi) is 4.81. The van der Waals surface area contributed by atoms with E-state index < -0.39 is 0 Å². The van der Waals surface area contributed by atoms with E-state index in [-0.39, 0.29) is 6.04 Å².